The van der Waals surface area contributed by atoms with E-state index in [0.717, 1.165) is 72.2 Å². The van der Waals surface area contributed by atoms with E-state index in [1.165, 1.54) is 31.3 Å². The second kappa shape index (κ2) is 12.4. The number of furan rings is 1. The highest BCUT2D eigenvalue weighted by atomic mass is 32.1. The Morgan fingerprint density at radius 2 is 1.06 bits per heavy atom. The molecule has 2 aromatic heterocycles. The molecule has 0 aliphatic carbocycles. The molecule has 11 rings (SSSR count). The SMILES string of the molecule is c1ccc(C2=NC(c3c(-c4ccc(-c5ccccc5)cc4)ccc4oc5cc6ccccc6cc5c34)N=C(c3ccc4sc5ccccc5c4c3)N2)cc1. The second-order valence-corrected chi connectivity index (χ2v) is 14.9. The molecule has 0 spiro atoms. The lowest BCUT2D eigenvalue weighted by molar-refractivity contribution is 0.668. The molecule has 4 nitrogen and oxygen atoms in total. The summed E-state index contributed by atoms with van der Waals surface area (Å²) in [5.74, 6) is 1.56. The zero-order chi connectivity index (χ0) is 35.6. The van der Waals surface area contributed by atoms with Gasteiger partial charge in [0.05, 0.1) is 0 Å². The average molecular weight is 710 g/mol. The maximum absolute atomic E-state index is 6.65. The standard InChI is InChI=1S/C49H31N3OS/c1-3-11-30(12-4-1)31-19-21-32(22-20-31)37-24-25-41-45(40-27-34-15-7-8-16-35(34)29-42(40)53-41)46(37)49-51-47(33-13-5-2-6-14-33)50-48(52-49)36-23-26-44-39(28-36)38-17-9-10-18-43(38)54-44/h1-29,49H,(H,50,51,52). The topological polar surface area (TPSA) is 49.9 Å². The summed E-state index contributed by atoms with van der Waals surface area (Å²) in [5, 5.41) is 10.5. The minimum absolute atomic E-state index is 0.564. The highest BCUT2D eigenvalue weighted by molar-refractivity contribution is 7.25. The summed E-state index contributed by atoms with van der Waals surface area (Å²) in [6, 6.07) is 62.1. The highest BCUT2D eigenvalue weighted by Gasteiger charge is 2.27. The molecule has 254 valence electrons. The molecule has 3 heterocycles. The molecule has 0 saturated carbocycles. The Labute approximate surface area is 315 Å². The van der Waals surface area contributed by atoms with Crippen LogP contribution in [0.3, 0.4) is 0 Å². The molecule has 1 N–H and O–H groups in total. The predicted octanol–water partition coefficient (Wildman–Crippen LogP) is 12.9. The van der Waals surface area contributed by atoms with E-state index in [4.69, 9.17) is 14.4 Å². The summed E-state index contributed by atoms with van der Waals surface area (Å²) in [4.78, 5) is 10.9. The molecule has 0 bridgehead atoms. The third-order valence-electron chi connectivity index (χ3n) is 10.5. The molecule has 10 aromatic rings. The first kappa shape index (κ1) is 30.8. The van der Waals surface area contributed by atoms with Gasteiger partial charge in [0.2, 0.25) is 0 Å². The largest absolute Gasteiger partial charge is 0.456 e. The molecular formula is C49H31N3OS. The van der Waals surface area contributed by atoms with Crippen molar-refractivity contribution in [2.75, 3.05) is 0 Å². The van der Waals surface area contributed by atoms with Gasteiger partial charge in [-0.25, -0.2) is 9.98 Å². The molecule has 8 aromatic carbocycles. The van der Waals surface area contributed by atoms with Crippen LogP contribution < -0.4 is 5.32 Å². The maximum atomic E-state index is 6.65. The minimum Gasteiger partial charge on any atom is -0.456 e. The maximum Gasteiger partial charge on any atom is 0.171 e. The third-order valence-corrected chi connectivity index (χ3v) is 11.7. The van der Waals surface area contributed by atoms with Crippen LogP contribution in [0.5, 0.6) is 0 Å². The van der Waals surface area contributed by atoms with Crippen LogP contribution in [0, 0.1) is 0 Å². The fourth-order valence-corrected chi connectivity index (χ4v) is 9.00. The van der Waals surface area contributed by atoms with Gasteiger partial charge in [-0.1, -0.05) is 133 Å². The smallest absolute Gasteiger partial charge is 0.171 e. The third kappa shape index (κ3) is 5.12. The van der Waals surface area contributed by atoms with E-state index in [-0.39, 0.29) is 0 Å². The number of hydrogen-bond acceptors (Lipinski definition) is 5. The van der Waals surface area contributed by atoms with Gasteiger partial charge in [0.15, 0.2) is 6.17 Å². The molecule has 0 amide bonds. The van der Waals surface area contributed by atoms with Gasteiger partial charge < -0.3 is 9.73 Å². The molecule has 54 heavy (non-hydrogen) atoms. The second-order valence-electron chi connectivity index (χ2n) is 13.8. The Morgan fingerprint density at radius 1 is 0.444 bits per heavy atom. The summed E-state index contributed by atoms with van der Waals surface area (Å²) < 4.78 is 9.19. The van der Waals surface area contributed by atoms with Crippen molar-refractivity contribution in [3.8, 4) is 22.3 Å². The van der Waals surface area contributed by atoms with E-state index in [1.54, 1.807) is 0 Å². The van der Waals surface area contributed by atoms with E-state index in [1.807, 2.05) is 17.4 Å². The summed E-state index contributed by atoms with van der Waals surface area (Å²) in [6.45, 7) is 0. The van der Waals surface area contributed by atoms with E-state index in [0.29, 0.717) is 0 Å². The van der Waals surface area contributed by atoms with Crippen molar-refractivity contribution >= 4 is 75.9 Å². The lowest BCUT2D eigenvalue weighted by atomic mass is 9.91. The molecular weight excluding hydrogens is 679 g/mol. The fourth-order valence-electron chi connectivity index (χ4n) is 7.91. The Bertz CT molecular complexity index is 3120. The van der Waals surface area contributed by atoms with Crippen molar-refractivity contribution in [3.63, 3.8) is 0 Å². The van der Waals surface area contributed by atoms with E-state index >= 15 is 0 Å². The number of thiophene rings is 1. The molecule has 0 fully saturated rings. The normalized spacial score (nSPS) is 14.5. The molecule has 0 radical (unpaired) electrons. The zero-order valence-corrected chi connectivity index (χ0v) is 29.8. The van der Waals surface area contributed by atoms with Gasteiger partial charge in [0, 0.05) is 47.6 Å². The van der Waals surface area contributed by atoms with E-state index < -0.39 is 6.17 Å². The number of aliphatic imine (C=N–C) groups is 2. The van der Waals surface area contributed by atoms with Gasteiger partial charge in [-0.3, -0.25) is 0 Å². The first-order valence-corrected chi connectivity index (χ1v) is 19.0. The summed E-state index contributed by atoms with van der Waals surface area (Å²) in [6.07, 6.45) is -0.564. The number of nitrogens with zero attached hydrogens (tertiary/aromatic N) is 2. The van der Waals surface area contributed by atoms with Crippen molar-refractivity contribution < 1.29 is 4.42 Å². The minimum atomic E-state index is -0.564. The van der Waals surface area contributed by atoms with Gasteiger partial charge >= 0.3 is 0 Å². The van der Waals surface area contributed by atoms with Crippen molar-refractivity contribution in [1.29, 1.82) is 0 Å². The zero-order valence-electron chi connectivity index (χ0n) is 29.0. The predicted molar refractivity (Wildman–Crippen MR) is 227 cm³/mol. The number of nitrogens with one attached hydrogen (secondary N) is 1. The number of fused-ring (bicyclic) bond motifs is 7. The highest BCUT2D eigenvalue weighted by Crippen LogP contribution is 2.44. The number of amidine groups is 2. The van der Waals surface area contributed by atoms with Crippen LogP contribution in [0.15, 0.2) is 190 Å². The number of rotatable bonds is 5. The fraction of sp³-hybridized carbons (Fsp3) is 0.0204. The van der Waals surface area contributed by atoms with E-state index in [9.17, 15) is 0 Å². The van der Waals surface area contributed by atoms with Crippen LogP contribution in [0.1, 0.15) is 22.9 Å². The molecule has 1 atom stereocenters. The molecule has 1 unspecified atom stereocenters. The first-order valence-electron chi connectivity index (χ1n) is 18.2. The summed E-state index contributed by atoms with van der Waals surface area (Å²) >= 11 is 1.82. The van der Waals surface area contributed by atoms with Gasteiger partial charge in [-0.05, 0) is 75.5 Å². The average Bonchev–Trinajstić information content (AvgIpc) is 3.80. The lowest BCUT2D eigenvalue weighted by Crippen LogP contribution is -2.36. The van der Waals surface area contributed by atoms with Gasteiger partial charge in [-0.2, -0.15) is 0 Å². The van der Waals surface area contributed by atoms with Crippen molar-refractivity contribution in [1.82, 2.24) is 5.32 Å². The van der Waals surface area contributed by atoms with Crippen LogP contribution >= 0.6 is 11.3 Å². The van der Waals surface area contributed by atoms with Gasteiger partial charge in [0.25, 0.3) is 0 Å². The Kier molecular flexibility index (Phi) is 7.07. The van der Waals surface area contributed by atoms with Crippen molar-refractivity contribution in [3.05, 3.63) is 193 Å². The summed E-state index contributed by atoms with van der Waals surface area (Å²) in [5.41, 5.74) is 9.23. The van der Waals surface area contributed by atoms with Crippen molar-refractivity contribution in [2.24, 2.45) is 9.98 Å². The Hall–Kier alpha value is -6.82. The van der Waals surface area contributed by atoms with Crippen LogP contribution in [0.4, 0.5) is 0 Å². The van der Waals surface area contributed by atoms with Crippen LogP contribution in [-0.2, 0) is 0 Å². The van der Waals surface area contributed by atoms with Gasteiger partial charge in [0.1, 0.15) is 22.8 Å². The number of hydrogen-bond donors (Lipinski definition) is 1. The van der Waals surface area contributed by atoms with Gasteiger partial charge in [-0.15, -0.1) is 11.3 Å². The molecule has 1 aliphatic heterocycles. The Balaban J connectivity index is 1.17. The Morgan fingerprint density at radius 3 is 1.85 bits per heavy atom. The molecule has 1 aliphatic rings. The first-order chi connectivity index (χ1) is 26.7. The van der Waals surface area contributed by atoms with Crippen LogP contribution in [-0.4, -0.2) is 11.7 Å². The van der Waals surface area contributed by atoms with Crippen molar-refractivity contribution in [2.45, 2.75) is 6.17 Å². The molecule has 5 heteroatoms. The van der Waals surface area contributed by atoms with Crippen LogP contribution in [0.25, 0.3) is 75.1 Å². The quantitative estimate of drug-likeness (QED) is 0.193. The monoisotopic (exact) mass is 709 g/mol. The van der Waals surface area contributed by atoms with Crippen LogP contribution in [0.2, 0.25) is 0 Å². The summed E-state index contributed by atoms with van der Waals surface area (Å²) in [7, 11) is 0. The molecule has 0 saturated heterocycles. The van der Waals surface area contributed by atoms with E-state index in [2.05, 4.69) is 175 Å². The lowest BCUT2D eigenvalue weighted by Gasteiger charge is -2.24. The number of benzene rings is 8.